The Hall–Kier alpha value is -1.30. The Bertz CT molecular complexity index is 456. The minimum absolute atomic E-state index is 0.106. The van der Waals surface area contributed by atoms with Gasteiger partial charge in [0, 0.05) is 12.1 Å². The van der Waals surface area contributed by atoms with E-state index in [4.69, 9.17) is 5.73 Å². The quantitative estimate of drug-likeness (QED) is 0.722. The van der Waals surface area contributed by atoms with Crippen LogP contribution in [0.2, 0.25) is 0 Å². The zero-order valence-electron chi connectivity index (χ0n) is 12.2. The zero-order valence-corrected chi connectivity index (χ0v) is 13.1. The second-order valence-corrected chi connectivity index (χ2v) is 6.52. The van der Waals surface area contributed by atoms with Crippen molar-refractivity contribution >= 4 is 28.2 Å². The average Bonchev–Trinajstić information content (AvgIpc) is 2.72. The highest BCUT2D eigenvalue weighted by Gasteiger charge is 2.22. The monoisotopic (exact) mass is 296 g/mol. The second-order valence-electron chi connectivity index (χ2n) is 5.52. The lowest BCUT2D eigenvalue weighted by Gasteiger charge is -2.25. The molecule has 1 aromatic rings. The normalized spacial score (nSPS) is 16.5. The number of carbonyl (C=O) groups is 1. The van der Waals surface area contributed by atoms with Crippen LogP contribution in [-0.2, 0) is 0 Å². The topological polar surface area (TPSA) is 80.0 Å². The van der Waals surface area contributed by atoms with Crippen molar-refractivity contribution < 1.29 is 4.79 Å². The van der Waals surface area contributed by atoms with Gasteiger partial charge in [-0.25, -0.2) is 4.98 Å². The number of rotatable bonds is 7. The molecule has 1 fully saturated rings. The molecule has 2 rings (SSSR count). The highest BCUT2D eigenvalue weighted by molar-refractivity contribution is 7.18. The predicted molar refractivity (Wildman–Crippen MR) is 84.2 cm³/mol. The van der Waals surface area contributed by atoms with Crippen molar-refractivity contribution in [2.45, 2.75) is 64.5 Å². The maximum atomic E-state index is 12.2. The van der Waals surface area contributed by atoms with Crippen molar-refractivity contribution in [3.05, 3.63) is 4.88 Å². The van der Waals surface area contributed by atoms with Crippen LogP contribution in [0.5, 0.6) is 0 Å². The summed E-state index contributed by atoms with van der Waals surface area (Å²) in [5.74, 6) is 0.224. The molecule has 1 unspecified atom stereocenters. The standard InChI is InChI=1S/C14H24N4OS/c1-3-4-6-9(2)16-13(19)11-12(15)18-14(20-11)17-10-7-5-8-10/h9-10H,3-8,15H2,1-2H3,(H,16,19)(H,17,18). The molecule has 4 N–H and O–H groups in total. The van der Waals surface area contributed by atoms with Crippen molar-refractivity contribution in [1.82, 2.24) is 10.3 Å². The van der Waals surface area contributed by atoms with E-state index >= 15 is 0 Å². The van der Waals surface area contributed by atoms with Gasteiger partial charge in [-0.3, -0.25) is 4.79 Å². The second kappa shape index (κ2) is 6.92. The Morgan fingerprint density at radius 2 is 2.30 bits per heavy atom. The molecule has 0 bridgehead atoms. The van der Waals surface area contributed by atoms with Gasteiger partial charge in [-0.1, -0.05) is 31.1 Å². The van der Waals surface area contributed by atoms with Crippen LogP contribution >= 0.6 is 11.3 Å². The number of carbonyl (C=O) groups excluding carboxylic acids is 1. The van der Waals surface area contributed by atoms with E-state index in [-0.39, 0.29) is 11.9 Å². The molecule has 112 valence electrons. The van der Waals surface area contributed by atoms with Gasteiger partial charge in [-0.15, -0.1) is 0 Å². The van der Waals surface area contributed by atoms with E-state index in [0.717, 1.165) is 24.4 Å². The first-order valence-electron chi connectivity index (χ1n) is 7.43. The molecule has 1 amide bonds. The summed E-state index contributed by atoms with van der Waals surface area (Å²) in [4.78, 5) is 16.9. The minimum atomic E-state index is -0.106. The van der Waals surface area contributed by atoms with E-state index in [0.29, 0.717) is 16.7 Å². The highest BCUT2D eigenvalue weighted by atomic mass is 32.1. The summed E-state index contributed by atoms with van der Waals surface area (Å²) >= 11 is 1.35. The number of nitrogen functional groups attached to an aromatic ring is 1. The molecule has 5 nitrogen and oxygen atoms in total. The van der Waals surface area contributed by atoms with Gasteiger partial charge < -0.3 is 16.4 Å². The number of amides is 1. The first kappa shape index (κ1) is 15.1. The fourth-order valence-corrected chi connectivity index (χ4v) is 3.02. The van der Waals surface area contributed by atoms with E-state index in [1.807, 2.05) is 6.92 Å². The van der Waals surface area contributed by atoms with Gasteiger partial charge in [0.1, 0.15) is 10.7 Å². The summed E-state index contributed by atoms with van der Waals surface area (Å²) in [5, 5.41) is 7.08. The first-order valence-corrected chi connectivity index (χ1v) is 8.25. The van der Waals surface area contributed by atoms with E-state index < -0.39 is 0 Å². The van der Waals surface area contributed by atoms with Crippen molar-refractivity contribution in [3.8, 4) is 0 Å². The van der Waals surface area contributed by atoms with E-state index in [1.165, 1.54) is 30.6 Å². The van der Waals surface area contributed by atoms with Gasteiger partial charge in [-0.2, -0.15) is 0 Å². The van der Waals surface area contributed by atoms with Crippen LogP contribution in [0.3, 0.4) is 0 Å². The van der Waals surface area contributed by atoms with E-state index in [2.05, 4.69) is 22.5 Å². The van der Waals surface area contributed by atoms with Crippen molar-refractivity contribution in [2.24, 2.45) is 0 Å². The lowest BCUT2D eigenvalue weighted by Crippen LogP contribution is -2.32. The van der Waals surface area contributed by atoms with Gasteiger partial charge in [0.25, 0.3) is 5.91 Å². The number of unbranched alkanes of at least 4 members (excludes halogenated alkanes) is 1. The Morgan fingerprint density at radius 1 is 1.55 bits per heavy atom. The molecular weight excluding hydrogens is 272 g/mol. The molecule has 1 atom stereocenters. The predicted octanol–water partition coefficient (Wildman–Crippen LogP) is 3.00. The summed E-state index contributed by atoms with van der Waals surface area (Å²) in [6.07, 6.45) is 6.87. The van der Waals surface area contributed by atoms with Gasteiger partial charge in [0.05, 0.1) is 0 Å². The molecule has 1 saturated carbocycles. The third-order valence-electron chi connectivity index (χ3n) is 3.66. The van der Waals surface area contributed by atoms with Gasteiger partial charge in [0.15, 0.2) is 5.13 Å². The molecule has 6 heteroatoms. The summed E-state index contributed by atoms with van der Waals surface area (Å²) < 4.78 is 0. The molecule has 1 heterocycles. The van der Waals surface area contributed by atoms with Crippen LogP contribution in [0.4, 0.5) is 10.9 Å². The number of hydrogen-bond donors (Lipinski definition) is 3. The molecule has 1 aromatic heterocycles. The molecule has 0 saturated heterocycles. The lowest BCUT2D eigenvalue weighted by molar-refractivity contribution is 0.0943. The van der Waals surface area contributed by atoms with Crippen LogP contribution in [0.25, 0.3) is 0 Å². The lowest BCUT2D eigenvalue weighted by atomic mass is 9.93. The number of anilines is 2. The summed E-state index contributed by atoms with van der Waals surface area (Å²) in [7, 11) is 0. The molecule has 0 aliphatic heterocycles. The number of nitrogens with one attached hydrogen (secondary N) is 2. The molecule has 0 radical (unpaired) electrons. The number of thiazole rings is 1. The fourth-order valence-electron chi connectivity index (χ4n) is 2.16. The minimum Gasteiger partial charge on any atom is -0.382 e. The van der Waals surface area contributed by atoms with Gasteiger partial charge in [0.2, 0.25) is 0 Å². The Morgan fingerprint density at radius 3 is 2.90 bits per heavy atom. The largest absolute Gasteiger partial charge is 0.382 e. The van der Waals surface area contributed by atoms with Crippen LogP contribution in [0.1, 0.15) is 62.0 Å². The third-order valence-corrected chi connectivity index (χ3v) is 4.66. The summed E-state index contributed by atoms with van der Waals surface area (Å²) in [5.41, 5.74) is 5.85. The maximum absolute atomic E-state index is 12.2. The molecule has 0 spiro atoms. The molecule has 0 aromatic carbocycles. The fraction of sp³-hybridized carbons (Fsp3) is 0.714. The van der Waals surface area contributed by atoms with Gasteiger partial charge >= 0.3 is 0 Å². The smallest absolute Gasteiger partial charge is 0.265 e. The summed E-state index contributed by atoms with van der Waals surface area (Å²) in [6.45, 7) is 4.17. The molecule has 1 aliphatic rings. The maximum Gasteiger partial charge on any atom is 0.265 e. The van der Waals surface area contributed by atoms with Crippen LogP contribution in [0, 0.1) is 0 Å². The van der Waals surface area contributed by atoms with E-state index in [9.17, 15) is 4.79 Å². The number of hydrogen-bond acceptors (Lipinski definition) is 5. The molecular formula is C14H24N4OS. The SMILES string of the molecule is CCCCC(C)NC(=O)c1sc(NC2CCC2)nc1N. The Balaban J connectivity index is 1.91. The van der Waals surface area contributed by atoms with Gasteiger partial charge in [-0.05, 0) is 32.6 Å². The number of aromatic nitrogens is 1. The highest BCUT2D eigenvalue weighted by Crippen LogP contribution is 2.29. The van der Waals surface area contributed by atoms with Crippen LogP contribution in [0.15, 0.2) is 0 Å². The summed E-state index contributed by atoms with van der Waals surface area (Å²) in [6, 6.07) is 0.673. The molecule has 20 heavy (non-hydrogen) atoms. The van der Waals surface area contributed by atoms with E-state index in [1.54, 1.807) is 0 Å². The first-order chi connectivity index (χ1) is 9.60. The molecule has 1 aliphatic carbocycles. The van der Waals surface area contributed by atoms with Crippen molar-refractivity contribution in [2.75, 3.05) is 11.1 Å². The van der Waals surface area contributed by atoms with Crippen molar-refractivity contribution in [3.63, 3.8) is 0 Å². The zero-order chi connectivity index (χ0) is 14.5. The number of nitrogens with zero attached hydrogens (tertiary/aromatic N) is 1. The average molecular weight is 296 g/mol. The van der Waals surface area contributed by atoms with Crippen LogP contribution < -0.4 is 16.4 Å². The van der Waals surface area contributed by atoms with Crippen molar-refractivity contribution in [1.29, 1.82) is 0 Å². The third kappa shape index (κ3) is 3.85. The number of nitrogens with two attached hydrogens (primary N) is 1. The Kier molecular flexibility index (Phi) is 5.23. The van der Waals surface area contributed by atoms with Crippen LogP contribution in [-0.4, -0.2) is 23.0 Å². The Labute approximate surface area is 124 Å².